The molecule has 2 aliphatic heterocycles. The summed E-state index contributed by atoms with van der Waals surface area (Å²) in [5.74, 6) is -0.0892. The topological polar surface area (TPSA) is 90.9 Å². The summed E-state index contributed by atoms with van der Waals surface area (Å²) in [6.45, 7) is 4.95. The number of carbonyl (C=O) groups is 2. The molecular weight excluding hydrogens is 543 g/mol. The smallest absolute Gasteiger partial charge is 0.272 e. The van der Waals surface area contributed by atoms with Crippen molar-refractivity contribution in [2.75, 3.05) is 50.4 Å². The molecule has 2 fully saturated rings. The third-order valence-corrected chi connectivity index (χ3v) is 9.13. The molecule has 3 heterocycles. The first kappa shape index (κ1) is 28.9. The molecule has 5 rings (SSSR count). The molecule has 0 bridgehead atoms. The fourth-order valence-electron chi connectivity index (χ4n) is 5.48. The van der Waals surface area contributed by atoms with Gasteiger partial charge >= 0.3 is 0 Å². The Morgan fingerprint density at radius 2 is 1.54 bits per heavy atom. The summed E-state index contributed by atoms with van der Waals surface area (Å²) in [5.41, 5.74) is 2.88. The minimum atomic E-state index is -3.22. The van der Waals surface area contributed by atoms with Gasteiger partial charge in [-0.1, -0.05) is 12.1 Å². The van der Waals surface area contributed by atoms with Crippen LogP contribution in [0.4, 0.5) is 10.1 Å². The first-order chi connectivity index (χ1) is 19.7. The van der Waals surface area contributed by atoms with Gasteiger partial charge in [-0.15, -0.1) is 0 Å². The normalized spacial score (nSPS) is 17.0. The van der Waals surface area contributed by atoms with E-state index in [0.29, 0.717) is 35.7 Å². The van der Waals surface area contributed by atoms with Gasteiger partial charge in [-0.3, -0.25) is 19.5 Å². The SMILES string of the molecule is CS(=O)(=O)c1ccc(N2CCC(CC(=O)c3ccc(C(=O)N4CCN(Cc5ccc(F)cc5)CC4)nc3)CC2)cc1. The lowest BCUT2D eigenvalue weighted by Gasteiger charge is -2.34. The van der Waals surface area contributed by atoms with Crippen LogP contribution in [0.5, 0.6) is 0 Å². The third-order valence-electron chi connectivity index (χ3n) is 8.00. The predicted molar refractivity (Wildman–Crippen MR) is 155 cm³/mol. The Morgan fingerprint density at radius 1 is 0.878 bits per heavy atom. The summed E-state index contributed by atoms with van der Waals surface area (Å²) < 4.78 is 36.5. The number of ketones is 1. The highest BCUT2D eigenvalue weighted by Crippen LogP contribution is 2.27. The Hall–Kier alpha value is -3.63. The molecule has 0 radical (unpaired) electrons. The van der Waals surface area contributed by atoms with Gasteiger partial charge in [0, 0.05) is 75.9 Å². The molecule has 0 spiro atoms. The van der Waals surface area contributed by atoms with Crippen LogP contribution < -0.4 is 4.90 Å². The van der Waals surface area contributed by atoms with E-state index in [2.05, 4.69) is 14.8 Å². The second-order valence-electron chi connectivity index (χ2n) is 11.0. The lowest BCUT2D eigenvalue weighted by atomic mass is 9.90. The van der Waals surface area contributed by atoms with Crippen molar-refractivity contribution >= 4 is 27.2 Å². The van der Waals surface area contributed by atoms with Crippen LogP contribution in [-0.2, 0) is 16.4 Å². The molecule has 0 aliphatic carbocycles. The molecule has 41 heavy (non-hydrogen) atoms. The maximum atomic E-state index is 13.1. The number of sulfone groups is 1. The molecule has 0 N–H and O–H groups in total. The molecule has 0 saturated carbocycles. The quantitative estimate of drug-likeness (QED) is 0.372. The molecule has 2 aromatic carbocycles. The van der Waals surface area contributed by atoms with Gasteiger partial charge in [0.1, 0.15) is 11.5 Å². The van der Waals surface area contributed by atoms with Crippen LogP contribution in [0.1, 0.15) is 45.7 Å². The first-order valence-electron chi connectivity index (χ1n) is 14.0. The van der Waals surface area contributed by atoms with Crippen LogP contribution in [0.25, 0.3) is 0 Å². The van der Waals surface area contributed by atoms with Crippen molar-refractivity contribution in [1.82, 2.24) is 14.8 Å². The lowest BCUT2D eigenvalue weighted by molar-refractivity contribution is 0.0622. The highest BCUT2D eigenvalue weighted by Gasteiger charge is 2.25. The van der Waals surface area contributed by atoms with E-state index >= 15 is 0 Å². The number of rotatable bonds is 8. The zero-order valence-corrected chi connectivity index (χ0v) is 24.0. The van der Waals surface area contributed by atoms with E-state index in [0.717, 1.165) is 56.8 Å². The van der Waals surface area contributed by atoms with Crippen LogP contribution in [0.3, 0.4) is 0 Å². The molecule has 0 unspecified atom stereocenters. The molecule has 1 amide bonds. The number of Topliss-reactive ketones (excluding diaryl/α,β-unsaturated/α-hetero) is 1. The van der Waals surface area contributed by atoms with Crippen molar-refractivity contribution in [3.63, 3.8) is 0 Å². The minimum absolute atomic E-state index is 0.0295. The van der Waals surface area contributed by atoms with Crippen molar-refractivity contribution in [1.29, 1.82) is 0 Å². The number of piperazine rings is 1. The summed E-state index contributed by atoms with van der Waals surface area (Å²) in [6.07, 6.45) is 4.89. The van der Waals surface area contributed by atoms with E-state index in [9.17, 15) is 22.4 Å². The second kappa shape index (κ2) is 12.5. The molecular formula is C31H35FN4O4S. The summed E-state index contributed by atoms with van der Waals surface area (Å²) in [6, 6.07) is 16.8. The van der Waals surface area contributed by atoms with Gasteiger partial charge in [0.2, 0.25) is 0 Å². The summed E-state index contributed by atoms with van der Waals surface area (Å²) in [7, 11) is -3.22. The van der Waals surface area contributed by atoms with Crippen molar-refractivity contribution in [2.24, 2.45) is 5.92 Å². The van der Waals surface area contributed by atoms with E-state index < -0.39 is 9.84 Å². The van der Waals surface area contributed by atoms with E-state index in [1.807, 2.05) is 12.1 Å². The van der Waals surface area contributed by atoms with E-state index in [1.54, 1.807) is 41.3 Å². The van der Waals surface area contributed by atoms with Gasteiger partial charge in [0.15, 0.2) is 15.6 Å². The van der Waals surface area contributed by atoms with Gasteiger partial charge in [-0.05, 0) is 72.9 Å². The van der Waals surface area contributed by atoms with Crippen LogP contribution in [0.15, 0.2) is 71.8 Å². The largest absolute Gasteiger partial charge is 0.372 e. The highest BCUT2D eigenvalue weighted by atomic mass is 32.2. The van der Waals surface area contributed by atoms with Gasteiger partial charge in [0.25, 0.3) is 5.91 Å². The Balaban J connectivity index is 1.07. The molecule has 8 nitrogen and oxygen atoms in total. The molecule has 216 valence electrons. The number of piperidine rings is 1. The van der Waals surface area contributed by atoms with E-state index in [-0.39, 0.29) is 23.4 Å². The van der Waals surface area contributed by atoms with Crippen LogP contribution >= 0.6 is 0 Å². The van der Waals surface area contributed by atoms with Gasteiger partial charge in [-0.25, -0.2) is 12.8 Å². The van der Waals surface area contributed by atoms with Gasteiger partial charge in [-0.2, -0.15) is 0 Å². The average Bonchev–Trinajstić information content (AvgIpc) is 2.98. The molecule has 0 atom stereocenters. The number of amides is 1. The number of carbonyl (C=O) groups excluding carboxylic acids is 2. The number of aromatic nitrogens is 1. The summed E-state index contributed by atoms with van der Waals surface area (Å²) in [5, 5.41) is 0. The number of hydrogen-bond acceptors (Lipinski definition) is 7. The second-order valence-corrected chi connectivity index (χ2v) is 13.0. The Labute approximate surface area is 240 Å². The van der Waals surface area contributed by atoms with E-state index in [1.165, 1.54) is 24.6 Å². The Kier molecular flexibility index (Phi) is 8.79. The summed E-state index contributed by atoms with van der Waals surface area (Å²) in [4.78, 5) is 36.8. The zero-order valence-electron chi connectivity index (χ0n) is 23.2. The minimum Gasteiger partial charge on any atom is -0.372 e. The maximum absolute atomic E-state index is 13.1. The maximum Gasteiger partial charge on any atom is 0.272 e. The van der Waals surface area contributed by atoms with Crippen molar-refractivity contribution in [3.05, 3.63) is 89.5 Å². The molecule has 2 saturated heterocycles. The summed E-state index contributed by atoms with van der Waals surface area (Å²) >= 11 is 0. The lowest BCUT2D eigenvalue weighted by Crippen LogP contribution is -2.48. The Morgan fingerprint density at radius 3 is 2.12 bits per heavy atom. The number of anilines is 1. The monoisotopic (exact) mass is 578 g/mol. The number of benzene rings is 2. The highest BCUT2D eigenvalue weighted by molar-refractivity contribution is 7.90. The first-order valence-corrected chi connectivity index (χ1v) is 15.9. The van der Waals surface area contributed by atoms with Crippen molar-refractivity contribution < 1.29 is 22.4 Å². The predicted octanol–water partition coefficient (Wildman–Crippen LogP) is 4.07. The zero-order chi connectivity index (χ0) is 29.0. The fourth-order valence-corrected chi connectivity index (χ4v) is 6.11. The number of halogens is 1. The third kappa shape index (κ3) is 7.37. The van der Waals surface area contributed by atoms with Gasteiger partial charge < -0.3 is 9.80 Å². The molecule has 2 aliphatic rings. The fraction of sp³-hybridized carbons (Fsp3) is 0.387. The number of nitrogens with zero attached hydrogens (tertiary/aromatic N) is 4. The van der Waals surface area contributed by atoms with Crippen LogP contribution in [0, 0.1) is 11.7 Å². The van der Waals surface area contributed by atoms with Gasteiger partial charge in [0.05, 0.1) is 4.90 Å². The molecule has 1 aromatic heterocycles. The molecule has 10 heteroatoms. The standard InChI is InChI=1S/C31H35FN4O4S/c1-41(39,40)28-9-7-27(8-10-28)35-14-12-23(13-15-35)20-30(37)25-4-11-29(33-21-25)31(38)36-18-16-34(17-19-36)22-24-2-5-26(32)6-3-24/h2-11,21,23H,12-20,22H2,1H3. The number of hydrogen-bond donors (Lipinski definition) is 0. The van der Waals surface area contributed by atoms with Crippen molar-refractivity contribution in [3.8, 4) is 0 Å². The van der Waals surface area contributed by atoms with E-state index in [4.69, 9.17) is 0 Å². The van der Waals surface area contributed by atoms with Crippen LogP contribution in [-0.4, -0.2) is 80.4 Å². The Bertz CT molecular complexity index is 1460. The number of pyridine rings is 1. The van der Waals surface area contributed by atoms with Crippen molar-refractivity contribution in [2.45, 2.75) is 30.7 Å². The average molecular weight is 579 g/mol. The van der Waals surface area contributed by atoms with Crippen LogP contribution in [0.2, 0.25) is 0 Å². The molecule has 3 aromatic rings.